The molecule has 1 aromatic rings. The molecule has 1 aliphatic rings. The van der Waals surface area contributed by atoms with Crippen molar-refractivity contribution in [3.8, 4) is 0 Å². The monoisotopic (exact) mass is 207 g/mol. The van der Waals surface area contributed by atoms with Crippen molar-refractivity contribution in [3.63, 3.8) is 0 Å². The Morgan fingerprint density at radius 3 is 2.33 bits per heavy atom. The maximum Gasteiger partial charge on any atom is 0.238 e. The van der Waals surface area contributed by atoms with Gasteiger partial charge in [-0.05, 0) is 12.1 Å². The van der Waals surface area contributed by atoms with E-state index in [1.807, 2.05) is 30.3 Å². The van der Waals surface area contributed by atoms with Gasteiger partial charge in [-0.1, -0.05) is 32.0 Å². The Bertz CT molecular complexity index is 301. The number of benzene rings is 1. The Kier molecular flexibility index (Phi) is 2.93. The molecule has 3 nitrogen and oxygen atoms in total. The van der Waals surface area contributed by atoms with E-state index in [1.165, 1.54) is 0 Å². The van der Waals surface area contributed by atoms with Crippen LogP contribution in [-0.4, -0.2) is 19.6 Å². The molecule has 2 rings (SSSR count). The third-order valence-electron chi connectivity index (χ3n) is 2.31. The van der Waals surface area contributed by atoms with Crippen molar-refractivity contribution in [2.45, 2.75) is 20.3 Å². The van der Waals surface area contributed by atoms with Crippen LogP contribution in [0.1, 0.15) is 13.8 Å². The highest BCUT2D eigenvalue weighted by molar-refractivity contribution is 5.42. The predicted octanol–water partition coefficient (Wildman–Crippen LogP) is 2.46. The molecule has 0 aliphatic carbocycles. The van der Waals surface area contributed by atoms with Gasteiger partial charge in [0.2, 0.25) is 6.41 Å². The number of hydrogen-bond acceptors (Lipinski definition) is 3. The van der Waals surface area contributed by atoms with E-state index in [2.05, 4.69) is 19.2 Å². The van der Waals surface area contributed by atoms with E-state index >= 15 is 0 Å². The van der Waals surface area contributed by atoms with Gasteiger partial charge in [0.25, 0.3) is 0 Å². The molecule has 0 atom stereocenters. The zero-order valence-corrected chi connectivity index (χ0v) is 9.19. The highest BCUT2D eigenvalue weighted by Crippen LogP contribution is 2.23. The first-order valence-corrected chi connectivity index (χ1v) is 5.21. The minimum Gasteiger partial charge on any atom is -0.337 e. The smallest absolute Gasteiger partial charge is 0.238 e. The maximum absolute atomic E-state index is 5.56. The van der Waals surface area contributed by atoms with Crippen LogP contribution in [0, 0.1) is 5.41 Å². The minimum absolute atomic E-state index is 0.120. The Morgan fingerprint density at radius 2 is 1.73 bits per heavy atom. The Labute approximate surface area is 90.4 Å². The van der Waals surface area contributed by atoms with E-state index in [1.54, 1.807) is 0 Å². The number of nitrogens with one attached hydrogen (secondary N) is 1. The van der Waals surface area contributed by atoms with Crippen molar-refractivity contribution in [1.29, 1.82) is 0 Å². The van der Waals surface area contributed by atoms with Crippen molar-refractivity contribution in [2.75, 3.05) is 18.5 Å². The number of anilines is 1. The Hall–Kier alpha value is -1.06. The van der Waals surface area contributed by atoms with Gasteiger partial charge in [-0.15, -0.1) is 0 Å². The zero-order valence-electron chi connectivity index (χ0n) is 9.19. The summed E-state index contributed by atoms with van der Waals surface area (Å²) in [6.45, 7) is 5.70. The summed E-state index contributed by atoms with van der Waals surface area (Å²) < 4.78 is 11.1. The van der Waals surface area contributed by atoms with Gasteiger partial charge in [-0.3, -0.25) is 0 Å². The average Bonchev–Trinajstić information content (AvgIpc) is 2.23. The van der Waals surface area contributed by atoms with E-state index in [9.17, 15) is 0 Å². The van der Waals surface area contributed by atoms with Gasteiger partial charge in [-0.2, -0.15) is 0 Å². The van der Waals surface area contributed by atoms with E-state index in [0.29, 0.717) is 0 Å². The predicted molar refractivity (Wildman–Crippen MR) is 59.5 cm³/mol. The zero-order chi connectivity index (χ0) is 10.7. The molecule has 1 saturated heterocycles. The Morgan fingerprint density at radius 1 is 1.13 bits per heavy atom. The fourth-order valence-corrected chi connectivity index (χ4v) is 1.45. The fourth-order valence-electron chi connectivity index (χ4n) is 1.45. The quantitative estimate of drug-likeness (QED) is 0.808. The minimum atomic E-state index is -0.319. The van der Waals surface area contributed by atoms with Gasteiger partial charge in [0.1, 0.15) is 0 Å². The maximum atomic E-state index is 5.56. The van der Waals surface area contributed by atoms with Crippen LogP contribution in [0.3, 0.4) is 0 Å². The number of para-hydroxylation sites is 1. The second kappa shape index (κ2) is 4.21. The van der Waals surface area contributed by atoms with Crippen LogP contribution in [0.5, 0.6) is 0 Å². The molecule has 15 heavy (non-hydrogen) atoms. The van der Waals surface area contributed by atoms with Crippen LogP contribution in [0.25, 0.3) is 0 Å². The number of ether oxygens (including phenoxy) is 2. The Balaban J connectivity index is 1.88. The van der Waals surface area contributed by atoms with Crippen LogP contribution < -0.4 is 5.32 Å². The third-order valence-corrected chi connectivity index (χ3v) is 2.31. The van der Waals surface area contributed by atoms with Crippen LogP contribution in [0.15, 0.2) is 30.3 Å². The summed E-state index contributed by atoms with van der Waals surface area (Å²) in [6.07, 6.45) is -0.319. The molecule has 1 N–H and O–H groups in total. The lowest BCUT2D eigenvalue weighted by molar-refractivity contribution is -0.207. The van der Waals surface area contributed by atoms with Crippen LogP contribution in [0.4, 0.5) is 5.69 Å². The first-order chi connectivity index (χ1) is 7.16. The third kappa shape index (κ3) is 2.94. The van der Waals surface area contributed by atoms with E-state index < -0.39 is 0 Å². The molecule has 0 bridgehead atoms. The molecule has 0 spiro atoms. The van der Waals surface area contributed by atoms with Crippen LogP contribution in [0.2, 0.25) is 0 Å². The molecular weight excluding hydrogens is 190 g/mol. The lowest BCUT2D eigenvalue weighted by Gasteiger charge is -2.34. The van der Waals surface area contributed by atoms with Crippen LogP contribution >= 0.6 is 0 Å². The van der Waals surface area contributed by atoms with E-state index in [0.717, 1.165) is 18.9 Å². The van der Waals surface area contributed by atoms with Gasteiger partial charge < -0.3 is 14.8 Å². The standard InChI is InChI=1S/C12H17NO2/c1-12(2)8-14-11(15-9-12)13-10-6-4-3-5-7-10/h3-7,11,13H,8-9H2,1-2H3. The first-order valence-electron chi connectivity index (χ1n) is 5.21. The molecule has 3 heteroatoms. The van der Waals surface area contributed by atoms with Gasteiger partial charge in [0.15, 0.2) is 0 Å². The van der Waals surface area contributed by atoms with Crippen molar-refractivity contribution >= 4 is 5.69 Å². The lowest BCUT2D eigenvalue weighted by atomic mass is 9.96. The molecule has 0 unspecified atom stereocenters. The topological polar surface area (TPSA) is 30.5 Å². The fraction of sp³-hybridized carbons (Fsp3) is 0.500. The molecule has 1 aromatic carbocycles. The summed E-state index contributed by atoms with van der Waals surface area (Å²) in [5, 5.41) is 3.17. The molecule has 0 aromatic heterocycles. The van der Waals surface area contributed by atoms with Crippen molar-refractivity contribution in [3.05, 3.63) is 30.3 Å². The molecule has 1 aliphatic heterocycles. The molecule has 82 valence electrons. The summed E-state index contributed by atoms with van der Waals surface area (Å²) in [7, 11) is 0. The molecule has 0 saturated carbocycles. The van der Waals surface area contributed by atoms with Crippen LogP contribution in [-0.2, 0) is 9.47 Å². The summed E-state index contributed by atoms with van der Waals surface area (Å²) in [4.78, 5) is 0. The molecular formula is C12H17NO2. The molecule has 1 heterocycles. The summed E-state index contributed by atoms with van der Waals surface area (Å²) in [5.74, 6) is 0. The number of rotatable bonds is 2. The first kappa shape index (κ1) is 10.5. The molecule has 0 amide bonds. The summed E-state index contributed by atoms with van der Waals surface area (Å²) in [5.41, 5.74) is 1.14. The SMILES string of the molecule is CC1(C)COC(Nc2ccccc2)OC1. The van der Waals surface area contributed by atoms with Crippen molar-refractivity contribution < 1.29 is 9.47 Å². The summed E-state index contributed by atoms with van der Waals surface area (Å²) >= 11 is 0. The lowest BCUT2D eigenvalue weighted by Crippen LogP contribution is -2.41. The summed E-state index contributed by atoms with van der Waals surface area (Å²) in [6, 6.07) is 9.93. The number of hydrogen-bond donors (Lipinski definition) is 1. The van der Waals surface area contributed by atoms with Gasteiger partial charge in [0.05, 0.1) is 13.2 Å². The second-order valence-electron chi connectivity index (χ2n) is 4.63. The highest BCUT2D eigenvalue weighted by atomic mass is 16.7. The van der Waals surface area contributed by atoms with E-state index in [-0.39, 0.29) is 11.8 Å². The average molecular weight is 207 g/mol. The van der Waals surface area contributed by atoms with Gasteiger partial charge >= 0.3 is 0 Å². The van der Waals surface area contributed by atoms with Crippen molar-refractivity contribution in [1.82, 2.24) is 0 Å². The van der Waals surface area contributed by atoms with Gasteiger partial charge in [0, 0.05) is 11.1 Å². The largest absolute Gasteiger partial charge is 0.337 e. The normalized spacial score (nSPS) is 21.2. The highest BCUT2D eigenvalue weighted by Gasteiger charge is 2.28. The van der Waals surface area contributed by atoms with E-state index in [4.69, 9.17) is 9.47 Å². The van der Waals surface area contributed by atoms with Gasteiger partial charge in [-0.25, -0.2) is 0 Å². The molecule has 0 radical (unpaired) electrons. The van der Waals surface area contributed by atoms with Crippen molar-refractivity contribution in [2.24, 2.45) is 5.41 Å². The molecule has 1 fully saturated rings. The second-order valence-corrected chi connectivity index (χ2v) is 4.63.